The number of benzene rings is 2. The summed E-state index contributed by atoms with van der Waals surface area (Å²) in [7, 11) is 1.64. The van der Waals surface area contributed by atoms with Crippen molar-refractivity contribution in [2.24, 2.45) is 0 Å². The smallest absolute Gasteiger partial charge is 0.220 e. The Morgan fingerprint density at radius 3 is 2.24 bits per heavy atom. The van der Waals surface area contributed by atoms with E-state index in [-0.39, 0.29) is 11.9 Å². The molecule has 1 atom stereocenters. The number of nitrogens with zero attached hydrogens (tertiary/aromatic N) is 1. The minimum atomic E-state index is -0.199. The van der Waals surface area contributed by atoms with Crippen LogP contribution in [0, 0.1) is 0 Å². The van der Waals surface area contributed by atoms with E-state index in [2.05, 4.69) is 0 Å². The van der Waals surface area contributed by atoms with Crippen molar-refractivity contribution in [2.75, 3.05) is 7.11 Å². The first-order chi connectivity index (χ1) is 12.2. The first kappa shape index (κ1) is 16.8. The second-order valence-corrected chi connectivity index (χ2v) is 5.81. The monoisotopic (exact) mass is 335 g/mol. The minimum Gasteiger partial charge on any atom is -0.497 e. The molecule has 25 heavy (non-hydrogen) atoms. The molecule has 1 amide bonds. The van der Waals surface area contributed by atoms with E-state index in [1.165, 1.54) is 0 Å². The van der Waals surface area contributed by atoms with Gasteiger partial charge in [0.25, 0.3) is 0 Å². The molecule has 4 nitrogen and oxygen atoms in total. The minimum absolute atomic E-state index is 0.0129. The molecule has 0 radical (unpaired) electrons. The molecule has 0 bridgehead atoms. The van der Waals surface area contributed by atoms with Gasteiger partial charge in [0.2, 0.25) is 5.91 Å². The average Bonchev–Trinajstić information content (AvgIpc) is 3.16. The van der Waals surface area contributed by atoms with Gasteiger partial charge in [-0.1, -0.05) is 42.5 Å². The molecule has 0 N–H and O–H groups in total. The van der Waals surface area contributed by atoms with E-state index in [9.17, 15) is 4.79 Å². The second-order valence-electron chi connectivity index (χ2n) is 5.81. The zero-order valence-electron chi connectivity index (χ0n) is 14.4. The Bertz CT molecular complexity index is 795. The zero-order valence-corrected chi connectivity index (χ0v) is 14.4. The van der Waals surface area contributed by atoms with Crippen molar-refractivity contribution >= 4 is 5.91 Å². The van der Waals surface area contributed by atoms with Gasteiger partial charge in [-0.15, -0.1) is 0 Å². The van der Waals surface area contributed by atoms with E-state index in [0.717, 1.165) is 22.6 Å². The topological polar surface area (TPSA) is 42.7 Å². The number of amides is 1. The molecule has 4 heteroatoms. The van der Waals surface area contributed by atoms with Gasteiger partial charge in [0.05, 0.1) is 26.0 Å². The third-order valence-corrected chi connectivity index (χ3v) is 4.17. The summed E-state index contributed by atoms with van der Waals surface area (Å²) in [5.74, 6) is 1.53. The Morgan fingerprint density at radius 1 is 1.00 bits per heavy atom. The first-order valence-electron chi connectivity index (χ1n) is 8.17. The fourth-order valence-electron chi connectivity index (χ4n) is 2.93. The highest BCUT2D eigenvalue weighted by Gasteiger charge is 2.25. The number of hydrogen-bond donors (Lipinski definition) is 0. The van der Waals surface area contributed by atoms with Crippen LogP contribution in [0.25, 0.3) is 0 Å². The predicted octanol–water partition coefficient (Wildman–Crippen LogP) is 4.43. The normalized spacial score (nSPS) is 11.8. The van der Waals surface area contributed by atoms with Gasteiger partial charge in [0.1, 0.15) is 11.5 Å². The maximum Gasteiger partial charge on any atom is 0.220 e. The molecule has 0 aliphatic rings. The van der Waals surface area contributed by atoms with Crippen molar-refractivity contribution in [1.29, 1.82) is 0 Å². The molecule has 3 aromatic rings. The standard InChI is InChI=1S/C21H21NO3/c1-16(23)22(15-20-9-6-14-25-20)21(17-7-4-3-5-8-17)18-10-12-19(24-2)13-11-18/h3-14,21H,15H2,1-2H3. The van der Waals surface area contributed by atoms with E-state index < -0.39 is 0 Å². The van der Waals surface area contributed by atoms with Crippen molar-refractivity contribution in [3.8, 4) is 5.75 Å². The molecule has 0 saturated carbocycles. The molecule has 0 spiro atoms. The fraction of sp³-hybridized carbons (Fsp3) is 0.190. The SMILES string of the molecule is COc1ccc(C(c2ccccc2)N(Cc2ccco2)C(C)=O)cc1. The quantitative estimate of drug-likeness (QED) is 0.669. The lowest BCUT2D eigenvalue weighted by Crippen LogP contribution is -2.33. The number of carbonyl (C=O) groups excluding carboxylic acids is 1. The summed E-state index contributed by atoms with van der Waals surface area (Å²) in [5, 5.41) is 0. The summed E-state index contributed by atoms with van der Waals surface area (Å²) in [6.45, 7) is 2.00. The molecule has 128 valence electrons. The molecule has 3 rings (SSSR count). The molecule has 0 saturated heterocycles. The second kappa shape index (κ2) is 7.71. The maximum atomic E-state index is 12.4. The van der Waals surface area contributed by atoms with E-state index in [0.29, 0.717) is 6.54 Å². The van der Waals surface area contributed by atoms with Crippen LogP contribution in [0.3, 0.4) is 0 Å². The largest absolute Gasteiger partial charge is 0.497 e. The van der Waals surface area contributed by atoms with Gasteiger partial charge in [0.15, 0.2) is 0 Å². The summed E-state index contributed by atoms with van der Waals surface area (Å²) in [6, 6.07) is 21.3. The molecule has 1 aromatic heterocycles. The van der Waals surface area contributed by atoms with Crippen molar-refractivity contribution in [3.63, 3.8) is 0 Å². The summed E-state index contributed by atoms with van der Waals surface area (Å²) < 4.78 is 10.7. The lowest BCUT2D eigenvalue weighted by Gasteiger charge is -2.31. The van der Waals surface area contributed by atoms with Crippen LogP contribution < -0.4 is 4.74 Å². The summed E-state index contributed by atoms with van der Waals surface area (Å²) in [5.41, 5.74) is 2.07. The number of carbonyl (C=O) groups is 1. The van der Waals surface area contributed by atoms with Crippen LogP contribution in [0.4, 0.5) is 0 Å². The number of methoxy groups -OCH3 is 1. The fourth-order valence-corrected chi connectivity index (χ4v) is 2.93. The summed E-state index contributed by atoms with van der Waals surface area (Å²) >= 11 is 0. The highest BCUT2D eigenvalue weighted by molar-refractivity contribution is 5.74. The maximum absolute atomic E-state index is 12.4. The molecular weight excluding hydrogens is 314 g/mol. The number of rotatable bonds is 6. The number of furan rings is 1. The average molecular weight is 335 g/mol. The zero-order chi connectivity index (χ0) is 17.6. The lowest BCUT2D eigenvalue weighted by molar-refractivity contribution is -0.131. The van der Waals surface area contributed by atoms with Gasteiger partial charge in [-0.25, -0.2) is 0 Å². The molecule has 1 heterocycles. The van der Waals surface area contributed by atoms with Crippen LogP contribution >= 0.6 is 0 Å². The molecule has 1 unspecified atom stereocenters. The predicted molar refractivity (Wildman–Crippen MR) is 96.2 cm³/mol. The van der Waals surface area contributed by atoms with Gasteiger partial charge < -0.3 is 14.1 Å². The number of hydrogen-bond acceptors (Lipinski definition) is 3. The lowest BCUT2D eigenvalue weighted by atomic mass is 9.96. The Hall–Kier alpha value is -3.01. The van der Waals surface area contributed by atoms with Gasteiger partial charge in [-0.3, -0.25) is 4.79 Å². The van der Waals surface area contributed by atoms with Gasteiger partial charge >= 0.3 is 0 Å². The summed E-state index contributed by atoms with van der Waals surface area (Å²) in [4.78, 5) is 14.3. The van der Waals surface area contributed by atoms with Crippen molar-refractivity contribution in [1.82, 2.24) is 4.90 Å². The highest BCUT2D eigenvalue weighted by Crippen LogP contribution is 2.31. The highest BCUT2D eigenvalue weighted by atomic mass is 16.5. The van der Waals surface area contributed by atoms with Crippen LogP contribution in [-0.4, -0.2) is 17.9 Å². The van der Waals surface area contributed by atoms with Crippen LogP contribution in [0.15, 0.2) is 77.4 Å². The molecule has 0 aliphatic carbocycles. The first-order valence-corrected chi connectivity index (χ1v) is 8.17. The third kappa shape index (κ3) is 3.91. The van der Waals surface area contributed by atoms with Gasteiger partial charge in [0, 0.05) is 6.92 Å². The number of ether oxygens (including phenoxy) is 1. The molecule has 0 fully saturated rings. The third-order valence-electron chi connectivity index (χ3n) is 4.17. The Balaban J connectivity index is 2.03. The van der Waals surface area contributed by atoms with E-state index in [4.69, 9.17) is 9.15 Å². The molecular formula is C21H21NO3. The summed E-state index contributed by atoms with van der Waals surface area (Å²) in [6.07, 6.45) is 1.62. The van der Waals surface area contributed by atoms with E-state index in [1.54, 1.807) is 20.3 Å². The van der Waals surface area contributed by atoms with Gasteiger partial charge in [-0.05, 0) is 35.4 Å². The van der Waals surface area contributed by atoms with E-state index in [1.807, 2.05) is 71.6 Å². The molecule has 2 aromatic carbocycles. The Morgan fingerprint density at radius 2 is 1.68 bits per heavy atom. The van der Waals surface area contributed by atoms with Crippen molar-refractivity contribution in [3.05, 3.63) is 89.9 Å². The van der Waals surface area contributed by atoms with Crippen LogP contribution in [0.5, 0.6) is 5.75 Å². The van der Waals surface area contributed by atoms with Crippen molar-refractivity contribution < 1.29 is 13.9 Å². The van der Waals surface area contributed by atoms with Crippen LogP contribution in [0.2, 0.25) is 0 Å². The Kier molecular flexibility index (Phi) is 5.19. The van der Waals surface area contributed by atoms with Crippen molar-refractivity contribution in [2.45, 2.75) is 19.5 Å². The van der Waals surface area contributed by atoms with E-state index >= 15 is 0 Å². The van der Waals surface area contributed by atoms with Crippen LogP contribution in [0.1, 0.15) is 29.9 Å². The van der Waals surface area contributed by atoms with Gasteiger partial charge in [-0.2, -0.15) is 0 Å². The Labute approximate surface area is 147 Å². The molecule has 0 aliphatic heterocycles. The van der Waals surface area contributed by atoms with Crippen LogP contribution in [-0.2, 0) is 11.3 Å².